The third kappa shape index (κ3) is 4.88. The van der Waals surface area contributed by atoms with Crippen molar-refractivity contribution in [3.63, 3.8) is 0 Å². The van der Waals surface area contributed by atoms with Crippen molar-refractivity contribution >= 4 is 17.7 Å². The number of rotatable bonds is 6. The molecule has 1 saturated heterocycles. The predicted octanol–water partition coefficient (Wildman–Crippen LogP) is 2.72. The number of amides is 1. The second-order valence-corrected chi connectivity index (χ2v) is 8.46. The highest BCUT2D eigenvalue weighted by Gasteiger charge is 2.22. The molecule has 156 valence electrons. The van der Waals surface area contributed by atoms with Crippen molar-refractivity contribution < 1.29 is 4.79 Å². The van der Waals surface area contributed by atoms with Crippen LogP contribution in [0.1, 0.15) is 16.8 Å². The number of hydrogen-bond donors (Lipinski definition) is 0. The predicted molar refractivity (Wildman–Crippen MR) is 118 cm³/mol. The lowest BCUT2D eigenvalue weighted by Crippen LogP contribution is -2.48. The van der Waals surface area contributed by atoms with E-state index in [9.17, 15) is 4.79 Å². The zero-order valence-electron chi connectivity index (χ0n) is 17.4. The largest absolute Gasteiger partial charge is 0.339 e. The van der Waals surface area contributed by atoms with Crippen LogP contribution in [0.15, 0.2) is 54.1 Å². The molecule has 0 spiro atoms. The lowest BCUT2D eigenvalue weighted by atomic mass is 10.1. The Morgan fingerprint density at radius 1 is 1.07 bits per heavy atom. The van der Waals surface area contributed by atoms with Crippen molar-refractivity contribution in [2.24, 2.45) is 0 Å². The van der Waals surface area contributed by atoms with Crippen LogP contribution in [-0.4, -0.2) is 67.4 Å². The van der Waals surface area contributed by atoms with Crippen molar-refractivity contribution in [3.05, 3.63) is 65.7 Å². The first kappa shape index (κ1) is 20.6. The van der Waals surface area contributed by atoms with Gasteiger partial charge in [-0.25, -0.2) is 0 Å². The number of benzene rings is 1. The molecule has 30 heavy (non-hydrogen) atoms. The third-order valence-electron chi connectivity index (χ3n) is 5.45. The number of thioether (sulfide) groups is 1. The van der Waals surface area contributed by atoms with Gasteiger partial charge < -0.3 is 4.90 Å². The zero-order chi connectivity index (χ0) is 20.9. The summed E-state index contributed by atoms with van der Waals surface area (Å²) in [6.45, 7) is 8.24. The summed E-state index contributed by atoms with van der Waals surface area (Å²) in [5.41, 5.74) is 4.55. The molecule has 0 bridgehead atoms. The van der Waals surface area contributed by atoms with Gasteiger partial charge in [-0.05, 0) is 49.2 Å². The van der Waals surface area contributed by atoms with Gasteiger partial charge in [0, 0.05) is 44.6 Å². The van der Waals surface area contributed by atoms with Gasteiger partial charge in [-0.3, -0.25) is 19.2 Å². The fourth-order valence-corrected chi connectivity index (χ4v) is 4.30. The molecular formula is C22H26N6OS. The standard InChI is InChI=1S/C22H26N6OS/c1-17-6-7-20(13-18(17)2)28-16-24-25-22(28)30-15-21(29)27-11-9-26(10-12-27)14-19-5-3-4-8-23-19/h3-8,13,16H,9-12,14-15H2,1-2H3. The molecule has 3 heterocycles. The maximum absolute atomic E-state index is 12.7. The Bertz CT molecular complexity index is 998. The Morgan fingerprint density at radius 2 is 1.90 bits per heavy atom. The molecule has 0 N–H and O–H groups in total. The second-order valence-electron chi connectivity index (χ2n) is 7.52. The maximum Gasteiger partial charge on any atom is 0.233 e. The van der Waals surface area contributed by atoms with Gasteiger partial charge in [-0.15, -0.1) is 10.2 Å². The molecule has 1 fully saturated rings. The van der Waals surface area contributed by atoms with Crippen molar-refractivity contribution in [2.45, 2.75) is 25.5 Å². The number of nitrogens with zero attached hydrogens (tertiary/aromatic N) is 6. The molecule has 0 aliphatic carbocycles. The summed E-state index contributed by atoms with van der Waals surface area (Å²) in [4.78, 5) is 21.4. The molecule has 1 aliphatic rings. The average molecular weight is 423 g/mol. The third-order valence-corrected chi connectivity index (χ3v) is 6.37. The summed E-state index contributed by atoms with van der Waals surface area (Å²) in [7, 11) is 0. The van der Waals surface area contributed by atoms with E-state index in [1.807, 2.05) is 33.9 Å². The van der Waals surface area contributed by atoms with E-state index in [2.05, 4.69) is 52.1 Å². The van der Waals surface area contributed by atoms with Gasteiger partial charge in [0.15, 0.2) is 5.16 Å². The van der Waals surface area contributed by atoms with E-state index in [-0.39, 0.29) is 5.91 Å². The van der Waals surface area contributed by atoms with Crippen LogP contribution < -0.4 is 0 Å². The first-order valence-corrected chi connectivity index (χ1v) is 11.1. The van der Waals surface area contributed by atoms with E-state index in [1.54, 1.807) is 6.33 Å². The van der Waals surface area contributed by atoms with Gasteiger partial charge in [0.05, 0.1) is 11.4 Å². The van der Waals surface area contributed by atoms with Crippen LogP contribution in [0, 0.1) is 13.8 Å². The number of hydrogen-bond acceptors (Lipinski definition) is 6. The minimum Gasteiger partial charge on any atom is -0.339 e. The van der Waals surface area contributed by atoms with Crippen molar-refractivity contribution in [1.82, 2.24) is 29.5 Å². The molecule has 0 unspecified atom stereocenters. The second kappa shape index (κ2) is 9.40. The van der Waals surface area contributed by atoms with E-state index in [1.165, 1.54) is 22.9 Å². The van der Waals surface area contributed by atoms with Gasteiger partial charge in [0.25, 0.3) is 0 Å². The van der Waals surface area contributed by atoms with E-state index in [4.69, 9.17) is 0 Å². The van der Waals surface area contributed by atoms with Gasteiger partial charge in [-0.1, -0.05) is 23.9 Å². The molecule has 0 saturated carbocycles. The molecule has 1 amide bonds. The fraction of sp³-hybridized carbons (Fsp3) is 0.364. The minimum atomic E-state index is 0.145. The Hall–Kier alpha value is -2.71. The molecule has 7 nitrogen and oxygen atoms in total. The topological polar surface area (TPSA) is 67.2 Å². The fourth-order valence-electron chi connectivity index (χ4n) is 3.47. The molecule has 3 aromatic rings. The van der Waals surface area contributed by atoms with E-state index in [0.717, 1.165) is 49.3 Å². The first-order valence-electron chi connectivity index (χ1n) is 10.1. The van der Waals surface area contributed by atoms with Gasteiger partial charge in [0.2, 0.25) is 5.91 Å². The van der Waals surface area contributed by atoms with Crippen LogP contribution in [0.2, 0.25) is 0 Å². The van der Waals surface area contributed by atoms with E-state index < -0.39 is 0 Å². The zero-order valence-corrected chi connectivity index (χ0v) is 18.2. The number of pyridine rings is 1. The van der Waals surface area contributed by atoms with Crippen LogP contribution in [0.3, 0.4) is 0 Å². The Labute approximate surface area is 181 Å². The lowest BCUT2D eigenvalue weighted by molar-refractivity contribution is -0.130. The average Bonchev–Trinajstić information content (AvgIpc) is 3.24. The Kier molecular flexibility index (Phi) is 6.44. The van der Waals surface area contributed by atoms with Gasteiger partial charge in [0.1, 0.15) is 6.33 Å². The highest BCUT2D eigenvalue weighted by Crippen LogP contribution is 2.22. The quantitative estimate of drug-likeness (QED) is 0.569. The van der Waals surface area contributed by atoms with E-state index in [0.29, 0.717) is 5.75 Å². The van der Waals surface area contributed by atoms with E-state index >= 15 is 0 Å². The van der Waals surface area contributed by atoms with Crippen LogP contribution >= 0.6 is 11.8 Å². The number of carbonyl (C=O) groups excluding carboxylic acids is 1. The highest BCUT2D eigenvalue weighted by molar-refractivity contribution is 7.99. The number of aromatic nitrogens is 4. The van der Waals surface area contributed by atoms with Gasteiger partial charge in [-0.2, -0.15) is 0 Å². The minimum absolute atomic E-state index is 0.145. The summed E-state index contributed by atoms with van der Waals surface area (Å²) in [6.07, 6.45) is 3.52. The number of carbonyl (C=O) groups is 1. The monoisotopic (exact) mass is 422 g/mol. The van der Waals surface area contributed by atoms with Crippen LogP contribution in [0.5, 0.6) is 0 Å². The maximum atomic E-state index is 12.7. The van der Waals surface area contributed by atoms with Crippen LogP contribution in [-0.2, 0) is 11.3 Å². The lowest BCUT2D eigenvalue weighted by Gasteiger charge is -2.34. The molecule has 8 heteroatoms. The van der Waals surface area contributed by atoms with Gasteiger partial charge >= 0.3 is 0 Å². The molecule has 1 aromatic carbocycles. The number of aryl methyl sites for hydroxylation is 2. The SMILES string of the molecule is Cc1ccc(-n2cnnc2SCC(=O)N2CCN(Cc3ccccn3)CC2)cc1C. The molecule has 0 atom stereocenters. The van der Waals surface area contributed by atoms with Crippen molar-refractivity contribution in [3.8, 4) is 5.69 Å². The Balaban J connectivity index is 1.30. The van der Waals surface area contributed by atoms with Crippen LogP contribution in [0.25, 0.3) is 5.69 Å². The summed E-state index contributed by atoms with van der Waals surface area (Å²) in [5.74, 6) is 0.510. The molecule has 2 aromatic heterocycles. The number of piperazine rings is 1. The van der Waals surface area contributed by atoms with Crippen LogP contribution in [0.4, 0.5) is 0 Å². The molecule has 1 aliphatic heterocycles. The highest BCUT2D eigenvalue weighted by atomic mass is 32.2. The van der Waals surface area contributed by atoms with Crippen molar-refractivity contribution in [2.75, 3.05) is 31.9 Å². The normalized spacial score (nSPS) is 14.8. The summed E-state index contributed by atoms with van der Waals surface area (Å²) < 4.78 is 1.94. The van der Waals surface area contributed by atoms with Crippen molar-refractivity contribution in [1.29, 1.82) is 0 Å². The molecule has 0 radical (unpaired) electrons. The summed E-state index contributed by atoms with van der Waals surface area (Å²) >= 11 is 1.44. The smallest absolute Gasteiger partial charge is 0.233 e. The molecule has 4 rings (SSSR count). The molecular weight excluding hydrogens is 396 g/mol. The Morgan fingerprint density at radius 3 is 2.63 bits per heavy atom. The first-order chi connectivity index (χ1) is 14.6. The summed E-state index contributed by atoms with van der Waals surface area (Å²) in [6, 6.07) is 12.2. The summed E-state index contributed by atoms with van der Waals surface area (Å²) in [5, 5.41) is 8.99.